The molecule has 0 aromatic carbocycles. The summed E-state index contributed by atoms with van der Waals surface area (Å²) in [6, 6.07) is 1.62. The molecule has 0 unspecified atom stereocenters. The van der Waals surface area contributed by atoms with Crippen molar-refractivity contribution in [1.29, 1.82) is 0 Å². The first kappa shape index (κ1) is 14.2. The smallest absolute Gasteiger partial charge is 0.303 e. The Labute approximate surface area is 105 Å². The van der Waals surface area contributed by atoms with Gasteiger partial charge in [-0.1, -0.05) is 19.0 Å². The monoisotopic (exact) mass is 254 g/mol. The maximum atomic E-state index is 11.6. The zero-order valence-electron chi connectivity index (χ0n) is 10.6. The number of hydrogen-bond acceptors (Lipinski definition) is 4. The number of hydrogen-bond donors (Lipinski definition) is 2. The van der Waals surface area contributed by atoms with Crippen molar-refractivity contribution in [2.24, 2.45) is 0 Å². The third-order valence-electron chi connectivity index (χ3n) is 2.45. The van der Waals surface area contributed by atoms with Crippen LogP contribution in [-0.4, -0.2) is 28.7 Å². The van der Waals surface area contributed by atoms with E-state index in [0.29, 0.717) is 19.4 Å². The van der Waals surface area contributed by atoms with Crippen molar-refractivity contribution in [1.82, 2.24) is 10.5 Å². The Hall–Kier alpha value is -1.85. The Bertz CT molecular complexity index is 412. The van der Waals surface area contributed by atoms with Gasteiger partial charge in [0.05, 0.1) is 5.69 Å². The maximum absolute atomic E-state index is 11.6. The van der Waals surface area contributed by atoms with Gasteiger partial charge >= 0.3 is 5.97 Å². The van der Waals surface area contributed by atoms with E-state index >= 15 is 0 Å². The fraction of sp³-hybridized carbons (Fsp3) is 0.583. The van der Waals surface area contributed by atoms with E-state index < -0.39 is 5.97 Å². The van der Waals surface area contributed by atoms with Gasteiger partial charge in [-0.15, -0.1) is 0 Å². The summed E-state index contributed by atoms with van der Waals surface area (Å²) in [5.41, 5.74) is 0.742. The number of aliphatic carboxylic acids is 1. The van der Waals surface area contributed by atoms with Crippen molar-refractivity contribution in [2.75, 3.05) is 6.54 Å². The van der Waals surface area contributed by atoms with E-state index in [1.165, 1.54) is 0 Å². The molecule has 0 aliphatic heterocycles. The second-order valence-electron chi connectivity index (χ2n) is 4.38. The van der Waals surface area contributed by atoms with Crippen LogP contribution < -0.4 is 5.32 Å². The predicted molar refractivity (Wildman–Crippen MR) is 64.4 cm³/mol. The Morgan fingerprint density at radius 2 is 2.17 bits per heavy atom. The summed E-state index contributed by atoms with van der Waals surface area (Å²) in [5, 5.41) is 14.9. The minimum Gasteiger partial charge on any atom is -0.481 e. The van der Waals surface area contributed by atoms with Crippen LogP contribution in [0.3, 0.4) is 0 Å². The first-order valence-electron chi connectivity index (χ1n) is 5.97. The van der Waals surface area contributed by atoms with Crippen LogP contribution in [-0.2, 0) is 4.79 Å². The molecule has 0 aliphatic rings. The molecule has 1 aromatic heterocycles. The number of carboxylic acids is 1. The molecule has 0 radical (unpaired) electrons. The Balaban J connectivity index is 2.29. The minimum absolute atomic E-state index is 0.121. The average Bonchev–Trinajstić information content (AvgIpc) is 2.77. The van der Waals surface area contributed by atoms with Gasteiger partial charge in [0.1, 0.15) is 0 Å². The molecule has 0 fully saturated rings. The van der Waals surface area contributed by atoms with Gasteiger partial charge in [-0.25, -0.2) is 0 Å². The van der Waals surface area contributed by atoms with Crippen LogP contribution in [0.4, 0.5) is 0 Å². The summed E-state index contributed by atoms with van der Waals surface area (Å²) < 4.78 is 4.93. The van der Waals surface area contributed by atoms with Crippen molar-refractivity contribution >= 4 is 11.9 Å². The Morgan fingerprint density at radius 3 is 2.72 bits per heavy atom. The molecule has 0 atom stereocenters. The van der Waals surface area contributed by atoms with Gasteiger partial charge in [-0.2, -0.15) is 0 Å². The number of unbranched alkanes of at least 4 members (excludes halogenated alkanes) is 1. The molecule has 1 rings (SSSR count). The highest BCUT2D eigenvalue weighted by Gasteiger charge is 2.13. The standard InChI is InChI=1S/C12H18N2O4/c1-8(2)9-7-10(18-14-9)12(17)13-6-4-3-5-11(15)16/h7-8H,3-6H2,1-2H3,(H,13,17)(H,15,16). The minimum atomic E-state index is -0.821. The van der Waals surface area contributed by atoms with Crippen LogP contribution in [0.1, 0.15) is 55.3 Å². The normalized spacial score (nSPS) is 10.6. The van der Waals surface area contributed by atoms with E-state index in [4.69, 9.17) is 9.63 Å². The number of carbonyl (C=O) groups is 2. The van der Waals surface area contributed by atoms with Gasteiger partial charge in [0, 0.05) is 19.0 Å². The quantitative estimate of drug-likeness (QED) is 0.723. The van der Waals surface area contributed by atoms with Gasteiger partial charge in [-0.05, 0) is 18.8 Å². The summed E-state index contributed by atoms with van der Waals surface area (Å²) in [6.07, 6.45) is 1.29. The first-order valence-corrected chi connectivity index (χ1v) is 5.97. The van der Waals surface area contributed by atoms with Crippen molar-refractivity contribution in [2.45, 2.75) is 39.0 Å². The molecule has 1 aromatic rings. The van der Waals surface area contributed by atoms with Crippen molar-refractivity contribution in [3.63, 3.8) is 0 Å². The number of aromatic nitrogens is 1. The highest BCUT2D eigenvalue weighted by Crippen LogP contribution is 2.13. The molecule has 0 aliphatic carbocycles. The number of amides is 1. The highest BCUT2D eigenvalue weighted by atomic mass is 16.5. The van der Waals surface area contributed by atoms with E-state index in [-0.39, 0.29) is 24.0 Å². The highest BCUT2D eigenvalue weighted by molar-refractivity contribution is 5.91. The van der Waals surface area contributed by atoms with Gasteiger partial charge < -0.3 is 14.9 Å². The topological polar surface area (TPSA) is 92.4 Å². The molecule has 1 amide bonds. The number of carbonyl (C=O) groups excluding carboxylic acids is 1. The number of rotatable bonds is 7. The zero-order valence-corrected chi connectivity index (χ0v) is 10.6. The molecular weight excluding hydrogens is 236 g/mol. The summed E-state index contributed by atoms with van der Waals surface area (Å²) in [6.45, 7) is 4.36. The number of nitrogens with zero attached hydrogens (tertiary/aromatic N) is 1. The Morgan fingerprint density at radius 1 is 1.44 bits per heavy atom. The molecule has 6 heteroatoms. The predicted octanol–water partition coefficient (Wildman–Crippen LogP) is 1.78. The van der Waals surface area contributed by atoms with Crippen LogP contribution >= 0.6 is 0 Å². The lowest BCUT2D eigenvalue weighted by atomic mass is 10.1. The van der Waals surface area contributed by atoms with Gasteiger partial charge in [0.25, 0.3) is 5.91 Å². The second kappa shape index (κ2) is 6.78. The summed E-state index contributed by atoms with van der Waals surface area (Å²) in [5.74, 6) is -0.731. The Kier molecular flexibility index (Phi) is 5.35. The van der Waals surface area contributed by atoms with E-state index in [9.17, 15) is 9.59 Å². The number of nitrogens with one attached hydrogen (secondary N) is 1. The molecule has 0 spiro atoms. The third-order valence-corrected chi connectivity index (χ3v) is 2.45. The fourth-order valence-electron chi connectivity index (χ4n) is 1.36. The molecule has 0 bridgehead atoms. The second-order valence-corrected chi connectivity index (χ2v) is 4.38. The molecular formula is C12H18N2O4. The van der Waals surface area contributed by atoms with Gasteiger partial charge in [0.15, 0.2) is 0 Å². The van der Waals surface area contributed by atoms with Crippen LogP contribution in [0.5, 0.6) is 0 Å². The van der Waals surface area contributed by atoms with Crippen molar-refractivity contribution in [3.8, 4) is 0 Å². The lowest BCUT2D eigenvalue weighted by molar-refractivity contribution is -0.137. The van der Waals surface area contributed by atoms with E-state index in [1.54, 1.807) is 6.07 Å². The molecule has 1 heterocycles. The van der Waals surface area contributed by atoms with Crippen LogP contribution in [0.2, 0.25) is 0 Å². The lowest BCUT2D eigenvalue weighted by Crippen LogP contribution is -2.24. The summed E-state index contributed by atoms with van der Waals surface area (Å²) in [4.78, 5) is 21.9. The summed E-state index contributed by atoms with van der Waals surface area (Å²) >= 11 is 0. The molecule has 2 N–H and O–H groups in total. The third kappa shape index (κ3) is 4.57. The molecule has 18 heavy (non-hydrogen) atoms. The van der Waals surface area contributed by atoms with Crippen molar-refractivity contribution < 1.29 is 19.2 Å². The van der Waals surface area contributed by atoms with E-state index in [1.807, 2.05) is 13.8 Å². The molecule has 0 saturated heterocycles. The first-order chi connectivity index (χ1) is 8.50. The van der Waals surface area contributed by atoms with Crippen LogP contribution in [0.15, 0.2) is 10.6 Å². The lowest BCUT2D eigenvalue weighted by Gasteiger charge is -2.01. The van der Waals surface area contributed by atoms with Crippen LogP contribution in [0.25, 0.3) is 0 Å². The number of carboxylic acid groups (broad SMARTS) is 1. The van der Waals surface area contributed by atoms with E-state index in [2.05, 4.69) is 10.5 Å². The molecule has 100 valence electrons. The van der Waals surface area contributed by atoms with Crippen molar-refractivity contribution in [3.05, 3.63) is 17.5 Å². The molecule has 6 nitrogen and oxygen atoms in total. The van der Waals surface area contributed by atoms with Gasteiger partial charge in [-0.3, -0.25) is 9.59 Å². The maximum Gasteiger partial charge on any atom is 0.303 e. The molecule has 0 saturated carbocycles. The SMILES string of the molecule is CC(C)c1cc(C(=O)NCCCCC(=O)O)on1. The fourth-order valence-corrected chi connectivity index (χ4v) is 1.36. The average molecular weight is 254 g/mol. The summed E-state index contributed by atoms with van der Waals surface area (Å²) in [7, 11) is 0. The van der Waals surface area contributed by atoms with E-state index in [0.717, 1.165) is 5.69 Å². The zero-order chi connectivity index (χ0) is 13.5. The van der Waals surface area contributed by atoms with Gasteiger partial charge in [0.2, 0.25) is 5.76 Å². The van der Waals surface area contributed by atoms with Crippen LogP contribution in [0, 0.1) is 0 Å². The largest absolute Gasteiger partial charge is 0.481 e.